The molecule has 1 fully saturated rings. The Bertz CT molecular complexity index is 968. The summed E-state index contributed by atoms with van der Waals surface area (Å²) in [5, 5.41) is 8.95. The van der Waals surface area contributed by atoms with Crippen LogP contribution in [0.25, 0.3) is 0 Å². The molecule has 1 aliphatic carbocycles. The number of carbonyl (C=O) groups is 3. The van der Waals surface area contributed by atoms with E-state index in [1.165, 1.54) is 44.2 Å². The second kappa shape index (κ2) is 9.67. The Kier molecular flexibility index (Phi) is 7.19. The Morgan fingerprint density at radius 2 is 1.77 bits per heavy atom. The number of unbranched alkanes of at least 4 members (excludes halogenated alkanes) is 1. The van der Waals surface area contributed by atoms with E-state index in [4.69, 9.17) is 9.84 Å². The van der Waals surface area contributed by atoms with Gasteiger partial charge in [0.2, 0.25) is 10.0 Å². The number of nitrogens with one attached hydrogen (secondary N) is 1. The minimum Gasteiger partial charge on any atom is -0.491 e. The molecule has 1 aromatic rings. The van der Waals surface area contributed by atoms with Crippen molar-refractivity contribution in [3.05, 3.63) is 23.3 Å². The highest BCUT2D eigenvalue weighted by molar-refractivity contribution is 7.92. The van der Waals surface area contributed by atoms with Gasteiger partial charge in [-0.15, -0.1) is 0 Å². The van der Waals surface area contributed by atoms with Gasteiger partial charge in [0.05, 0.1) is 29.7 Å². The van der Waals surface area contributed by atoms with Gasteiger partial charge in [-0.1, -0.05) is 38.5 Å². The van der Waals surface area contributed by atoms with Crippen LogP contribution in [-0.2, 0) is 14.8 Å². The lowest BCUT2D eigenvalue weighted by molar-refractivity contribution is -0.137. The predicted octanol–water partition coefficient (Wildman–Crippen LogP) is 2.87. The number of sulfonamides is 1. The number of carboxylic acids is 1. The van der Waals surface area contributed by atoms with Gasteiger partial charge in [-0.05, 0) is 30.9 Å². The monoisotopic (exact) mass is 452 g/mol. The van der Waals surface area contributed by atoms with Gasteiger partial charge in [0.1, 0.15) is 12.3 Å². The summed E-state index contributed by atoms with van der Waals surface area (Å²) in [5.74, 6) is -1.94. The quantitative estimate of drug-likeness (QED) is 0.412. The number of imide groups is 1. The summed E-state index contributed by atoms with van der Waals surface area (Å²) in [5.41, 5.74) is -0.00332. The smallest absolute Gasteiger partial charge is 0.323 e. The number of ether oxygens (including phenoxy) is 1. The predicted molar refractivity (Wildman–Crippen MR) is 114 cm³/mol. The lowest BCUT2D eigenvalue weighted by Gasteiger charge is -2.21. The van der Waals surface area contributed by atoms with E-state index in [2.05, 4.69) is 4.72 Å². The first-order chi connectivity index (χ1) is 14.7. The third kappa shape index (κ3) is 5.96. The number of anilines is 1. The molecular weight excluding hydrogens is 424 g/mol. The molecule has 1 aliphatic heterocycles. The molecule has 0 bridgehead atoms. The van der Waals surface area contributed by atoms with Crippen LogP contribution in [-0.4, -0.2) is 55.6 Å². The average molecular weight is 453 g/mol. The van der Waals surface area contributed by atoms with Crippen molar-refractivity contribution >= 4 is 33.5 Å². The van der Waals surface area contributed by atoms with Crippen molar-refractivity contribution in [2.45, 2.75) is 51.4 Å². The summed E-state index contributed by atoms with van der Waals surface area (Å²) in [6.07, 6.45) is 10.3. The van der Waals surface area contributed by atoms with E-state index < -0.39 is 34.4 Å². The normalized spacial score (nSPS) is 17.0. The first-order valence-corrected chi connectivity index (χ1v) is 12.4. The number of amides is 2. The fourth-order valence-electron chi connectivity index (χ4n) is 4.19. The maximum Gasteiger partial charge on any atom is 0.323 e. The standard InChI is InChI=1S/C21H28N2O7S/c1-31(28,29)22-17-11-15-16(21(27)23(20(15)26)13-19(24)25)12-18(17)30-10-6-5-9-14-7-3-2-4-8-14/h11-12,14,22H,2-10,13H2,1H3,(H,24,25). The minimum atomic E-state index is -3.66. The molecule has 1 heterocycles. The van der Waals surface area contributed by atoms with Gasteiger partial charge in [-0.2, -0.15) is 0 Å². The summed E-state index contributed by atoms with van der Waals surface area (Å²) < 4.78 is 31.6. The summed E-state index contributed by atoms with van der Waals surface area (Å²) in [6.45, 7) is -0.427. The Labute approximate surface area is 181 Å². The largest absolute Gasteiger partial charge is 0.491 e. The second-order valence-electron chi connectivity index (χ2n) is 8.21. The summed E-state index contributed by atoms with van der Waals surface area (Å²) in [7, 11) is -3.66. The van der Waals surface area contributed by atoms with Gasteiger partial charge >= 0.3 is 5.97 Å². The molecule has 1 saturated carbocycles. The van der Waals surface area contributed by atoms with Gasteiger partial charge in [-0.25, -0.2) is 8.42 Å². The van der Waals surface area contributed by atoms with Crippen molar-refractivity contribution < 1.29 is 32.6 Å². The van der Waals surface area contributed by atoms with Crippen LogP contribution in [0.4, 0.5) is 5.69 Å². The molecule has 9 nitrogen and oxygen atoms in total. The molecule has 0 unspecified atom stereocenters. The maximum atomic E-state index is 12.5. The molecular formula is C21H28N2O7S. The van der Waals surface area contributed by atoms with E-state index in [1.807, 2.05) is 0 Å². The molecule has 3 rings (SSSR count). The van der Waals surface area contributed by atoms with E-state index in [1.54, 1.807) is 0 Å². The van der Waals surface area contributed by atoms with Crippen molar-refractivity contribution in [1.29, 1.82) is 0 Å². The van der Waals surface area contributed by atoms with E-state index >= 15 is 0 Å². The lowest BCUT2D eigenvalue weighted by Crippen LogP contribution is -2.34. The van der Waals surface area contributed by atoms with Gasteiger partial charge in [-0.3, -0.25) is 24.0 Å². The highest BCUT2D eigenvalue weighted by Crippen LogP contribution is 2.34. The fourth-order valence-corrected chi connectivity index (χ4v) is 4.75. The van der Waals surface area contributed by atoms with Crippen LogP contribution in [0.5, 0.6) is 5.75 Å². The highest BCUT2D eigenvalue weighted by atomic mass is 32.2. The molecule has 170 valence electrons. The zero-order valence-corrected chi connectivity index (χ0v) is 18.4. The van der Waals surface area contributed by atoms with Crippen molar-refractivity contribution in [3.63, 3.8) is 0 Å². The Morgan fingerprint density at radius 3 is 2.39 bits per heavy atom. The SMILES string of the molecule is CS(=O)(=O)Nc1cc2c(cc1OCCCCC1CCCCC1)C(=O)N(CC(=O)O)C2=O. The number of aliphatic carboxylic acids is 1. The summed E-state index contributed by atoms with van der Waals surface area (Å²) >= 11 is 0. The van der Waals surface area contributed by atoms with Crippen LogP contribution in [0.15, 0.2) is 12.1 Å². The zero-order valence-electron chi connectivity index (χ0n) is 17.6. The Hall–Kier alpha value is -2.62. The molecule has 0 spiro atoms. The van der Waals surface area contributed by atoms with Crippen LogP contribution in [0, 0.1) is 5.92 Å². The first-order valence-electron chi connectivity index (χ1n) is 10.5. The number of carboxylic acid groups (broad SMARTS) is 1. The van der Waals surface area contributed by atoms with Gasteiger partial charge < -0.3 is 9.84 Å². The second-order valence-corrected chi connectivity index (χ2v) is 9.96. The first kappa shape index (κ1) is 23.1. The molecule has 0 atom stereocenters. The van der Waals surface area contributed by atoms with Crippen molar-refractivity contribution in [3.8, 4) is 5.75 Å². The Balaban J connectivity index is 1.71. The van der Waals surface area contributed by atoms with Crippen LogP contribution in [0.1, 0.15) is 72.1 Å². The average Bonchev–Trinajstić information content (AvgIpc) is 2.91. The van der Waals surface area contributed by atoms with Gasteiger partial charge in [0.25, 0.3) is 11.8 Å². The van der Waals surface area contributed by atoms with Crippen LogP contribution < -0.4 is 9.46 Å². The van der Waals surface area contributed by atoms with Crippen LogP contribution in [0.3, 0.4) is 0 Å². The minimum absolute atomic E-state index is 0.00232. The molecule has 0 saturated heterocycles. The van der Waals surface area contributed by atoms with E-state index in [9.17, 15) is 22.8 Å². The number of hydrogen-bond acceptors (Lipinski definition) is 6. The molecule has 0 radical (unpaired) electrons. The van der Waals surface area contributed by atoms with Crippen molar-refractivity contribution in [2.24, 2.45) is 5.92 Å². The molecule has 31 heavy (non-hydrogen) atoms. The molecule has 10 heteroatoms. The van der Waals surface area contributed by atoms with E-state index in [-0.39, 0.29) is 22.6 Å². The zero-order chi connectivity index (χ0) is 22.6. The number of rotatable bonds is 10. The third-order valence-corrected chi connectivity index (χ3v) is 6.24. The molecule has 1 aromatic carbocycles. The molecule has 2 aliphatic rings. The van der Waals surface area contributed by atoms with E-state index in [0.29, 0.717) is 11.5 Å². The van der Waals surface area contributed by atoms with Crippen molar-refractivity contribution in [1.82, 2.24) is 4.90 Å². The lowest BCUT2D eigenvalue weighted by atomic mass is 9.86. The highest BCUT2D eigenvalue weighted by Gasteiger charge is 2.38. The number of nitrogens with zero attached hydrogens (tertiary/aromatic N) is 1. The maximum absolute atomic E-state index is 12.5. The molecule has 2 N–H and O–H groups in total. The van der Waals surface area contributed by atoms with E-state index in [0.717, 1.165) is 31.4 Å². The summed E-state index contributed by atoms with van der Waals surface area (Å²) in [4.78, 5) is 36.5. The molecule has 0 aromatic heterocycles. The topological polar surface area (TPSA) is 130 Å². The van der Waals surface area contributed by atoms with Gasteiger partial charge in [0.15, 0.2) is 0 Å². The van der Waals surface area contributed by atoms with Crippen molar-refractivity contribution in [2.75, 3.05) is 24.1 Å². The number of carbonyl (C=O) groups excluding carboxylic acids is 2. The van der Waals surface area contributed by atoms with Crippen LogP contribution in [0.2, 0.25) is 0 Å². The third-order valence-electron chi connectivity index (χ3n) is 5.65. The number of benzene rings is 1. The molecule has 2 amide bonds. The van der Waals surface area contributed by atoms with Crippen LogP contribution >= 0.6 is 0 Å². The Morgan fingerprint density at radius 1 is 1.13 bits per heavy atom. The summed E-state index contributed by atoms with van der Waals surface area (Å²) in [6, 6.07) is 2.54. The number of fused-ring (bicyclic) bond motifs is 1. The number of hydrogen-bond donors (Lipinski definition) is 2. The fraction of sp³-hybridized carbons (Fsp3) is 0.571. The van der Waals surface area contributed by atoms with Gasteiger partial charge in [0, 0.05) is 0 Å².